The third-order valence-electron chi connectivity index (χ3n) is 2.64. The molecule has 0 atom stereocenters. The molecule has 0 spiro atoms. The van der Waals surface area contributed by atoms with Gasteiger partial charge in [-0.05, 0) is 24.1 Å². The van der Waals surface area contributed by atoms with Gasteiger partial charge in [-0.2, -0.15) is 0 Å². The molecule has 100 valence electrons. The second-order valence-corrected chi connectivity index (χ2v) is 4.07. The molecule has 0 aliphatic rings. The Hall–Kier alpha value is -1.98. The largest absolute Gasteiger partial charge is 0.424 e. The number of nitrogens with two attached hydrogens (primary N) is 1. The highest BCUT2D eigenvalue weighted by atomic mass is 16.5. The summed E-state index contributed by atoms with van der Waals surface area (Å²) in [6, 6.07) is 8.11. The lowest BCUT2D eigenvalue weighted by molar-refractivity contribution is 0.202. The number of nitrogens with zero attached hydrogens (tertiary/aromatic N) is 2. The van der Waals surface area contributed by atoms with Gasteiger partial charge in [0.05, 0.1) is 6.61 Å². The van der Waals surface area contributed by atoms with Crippen LogP contribution in [0.4, 0.5) is 0 Å². The van der Waals surface area contributed by atoms with Gasteiger partial charge in [0.25, 0.3) is 0 Å². The molecule has 2 aromatic rings. The predicted molar refractivity (Wildman–Crippen MR) is 72.0 cm³/mol. The van der Waals surface area contributed by atoms with Crippen molar-refractivity contribution in [2.75, 3.05) is 13.7 Å². The third kappa shape index (κ3) is 4.01. The molecule has 0 saturated carbocycles. The molecule has 0 bridgehead atoms. The van der Waals surface area contributed by atoms with E-state index in [4.69, 9.17) is 15.2 Å². The Morgan fingerprint density at radius 3 is 2.32 bits per heavy atom. The van der Waals surface area contributed by atoms with Crippen LogP contribution < -0.4 is 10.5 Å². The molecule has 0 aliphatic heterocycles. The van der Waals surface area contributed by atoms with Crippen LogP contribution in [0.5, 0.6) is 11.8 Å². The summed E-state index contributed by atoms with van der Waals surface area (Å²) in [6.45, 7) is 1.14. The van der Waals surface area contributed by atoms with Crippen LogP contribution in [0, 0.1) is 0 Å². The van der Waals surface area contributed by atoms with Gasteiger partial charge in [-0.25, -0.2) is 9.97 Å². The zero-order chi connectivity index (χ0) is 13.5. The third-order valence-corrected chi connectivity index (χ3v) is 2.64. The van der Waals surface area contributed by atoms with Crippen molar-refractivity contribution >= 4 is 0 Å². The van der Waals surface area contributed by atoms with Gasteiger partial charge in [0.1, 0.15) is 5.75 Å². The van der Waals surface area contributed by atoms with Gasteiger partial charge >= 0.3 is 6.01 Å². The Morgan fingerprint density at radius 1 is 1.05 bits per heavy atom. The minimum Gasteiger partial charge on any atom is -0.424 e. The van der Waals surface area contributed by atoms with E-state index in [0.717, 1.165) is 12.0 Å². The van der Waals surface area contributed by atoms with E-state index >= 15 is 0 Å². The van der Waals surface area contributed by atoms with E-state index in [0.29, 0.717) is 24.9 Å². The minimum atomic E-state index is 0.321. The maximum atomic E-state index is 5.54. The molecule has 0 fully saturated rings. The van der Waals surface area contributed by atoms with Gasteiger partial charge in [0.15, 0.2) is 0 Å². The van der Waals surface area contributed by atoms with Crippen molar-refractivity contribution in [3.8, 4) is 11.8 Å². The van der Waals surface area contributed by atoms with Crippen LogP contribution >= 0.6 is 0 Å². The molecule has 0 saturated heterocycles. The SMILES string of the molecule is COCCc1ccc(Oc2ncc(CN)cn2)cc1. The molecule has 19 heavy (non-hydrogen) atoms. The first-order valence-electron chi connectivity index (χ1n) is 6.08. The first kappa shape index (κ1) is 13.5. The molecule has 0 radical (unpaired) electrons. The van der Waals surface area contributed by atoms with Crippen LogP contribution in [0.3, 0.4) is 0 Å². The summed E-state index contributed by atoms with van der Waals surface area (Å²) < 4.78 is 10.6. The Kier molecular flexibility index (Phi) is 4.83. The summed E-state index contributed by atoms with van der Waals surface area (Å²) in [5.74, 6) is 0.710. The monoisotopic (exact) mass is 259 g/mol. The van der Waals surface area contributed by atoms with E-state index < -0.39 is 0 Å². The van der Waals surface area contributed by atoms with Crippen LogP contribution in [0.25, 0.3) is 0 Å². The number of hydrogen-bond donors (Lipinski definition) is 1. The fraction of sp³-hybridized carbons (Fsp3) is 0.286. The Morgan fingerprint density at radius 2 is 1.74 bits per heavy atom. The van der Waals surface area contributed by atoms with E-state index in [1.165, 1.54) is 5.56 Å². The Bertz CT molecular complexity index is 497. The number of methoxy groups -OCH3 is 1. The van der Waals surface area contributed by atoms with Gasteiger partial charge in [0, 0.05) is 31.6 Å². The maximum Gasteiger partial charge on any atom is 0.321 e. The van der Waals surface area contributed by atoms with Crippen LogP contribution in [-0.4, -0.2) is 23.7 Å². The molecule has 2 N–H and O–H groups in total. The van der Waals surface area contributed by atoms with Gasteiger partial charge < -0.3 is 15.2 Å². The molecule has 0 unspecified atom stereocenters. The highest BCUT2D eigenvalue weighted by Crippen LogP contribution is 2.18. The molecule has 0 amide bonds. The zero-order valence-electron chi connectivity index (χ0n) is 10.9. The number of benzene rings is 1. The average molecular weight is 259 g/mol. The molecular weight excluding hydrogens is 242 g/mol. The summed E-state index contributed by atoms with van der Waals surface area (Å²) in [5, 5.41) is 0. The molecule has 1 aromatic heterocycles. The number of hydrogen-bond acceptors (Lipinski definition) is 5. The molecule has 5 heteroatoms. The van der Waals surface area contributed by atoms with E-state index in [9.17, 15) is 0 Å². The molecule has 5 nitrogen and oxygen atoms in total. The summed E-state index contributed by atoms with van der Waals surface area (Å²) >= 11 is 0. The van der Waals surface area contributed by atoms with Crippen molar-refractivity contribution in [1.82, 2.24) is 9.97 Å². The maximum absolute atomic E-state index is 5.54. The summed E-state index contributed by atoms with van der Waals surface area (Å²) in [7, 11) is 1.69. The highest BCUT2D eigenvalue weighted by Gasteiger charge is 2.01. The van der Waals surface area contributed by atoms with Gasteiger partial charge in [0.2, 0.25) is 0 Å². The lowest BCUT2D eigenvalue weighted by Crippen LogP contribution is -1.99. The van der Waals surface area contributed by atoms with Crippen molar-refractivity contribution in [2.24, 2.45) is 5.73 Å². The fourth-order valence-corrected chi connectivity index (χ4v) is 1.55. The lowest BCUT2D eigenvalue weighted by Gasteiger charge is -2.05. The molecule has 0 aliphatic carbocycles. The van der Waals surface area contributed by atoms with E-state index in [1.807, 2.05) is 24.3 Å². The van der Waals surface area contributed by atoms with E-state index in [1.54, 1.807) is 19.5 Å². The second-order valence-electron chi connectivity index (χ2n) is 4.07. The van der Waals surface area contributed by atoms with Crippen molar-refractivity contribution in [1.29, 1.82) is 0 Å². The van der Waals surface area contributed by atoms with Crippen molar-refractivity contribution < 1.29 is 9.47 Å². The lowest BCUT2D eigenvalue weighted by atomic mass is 10.1. The Balaban J connectivity index is 1.98. The van der Waals surface area contributed by atoms with Crippen LogP contribution in [0.2, 0.25) is 0 Å². The Labute approximate surface area is 112 Å². The molecular formula is C14H17N3O2. The molecule has 1 aromatic carbocycles. The minimum absolute atomic E-state index is 0.321. The van der Waals surface area contributed by atoms with E-state index in [2.05, 4.69) is 9.97 Å². The average Bonchev–Trinajstić information content (AvgIpc) is 2.47. The number of rotatable bonds is 6. The topological polar surface area (TPSA) is 70.3 Å². The molecule has 1 heterocycles. The summed E-state index contributed by atoms with van der Waals surface area (Å²) in [5.41, 5.74) is 7.56. The van der Waals surface area contributed by atoms with Crippen LogP contribution in [0.15, 0.2) is 36.7 Å². The summed E-state index contributed by atoms with van der Waals surface area (Å²) in [4.78, 5) is 8.17. The van der Waals surface area contributed by atoms with E-state index in [-0.39, 0.29) is 0 Å². The van der Waals surface area contributed by atoms with Crippen LogP contribution in [0.1, 0.15) is 11.1 Å². The smallest absolute Gasteiger partial charge is 0.321 e. The van der Waals surface area contributed by atoms with Crippen molar-refractivity contribution in [3.63, 3.8) is 0 Å². The number of aromatic nitrogens is 2. The van der Waals surface area contributed by atoms with Crippen molar-refractivity contribution in [2.45, 2.75) is 13.0 Å². The normalized spacial score (nSPS) is 10.4. The van der Waals surface area contributed by atoms with Crippen molar-refractivity contribution in [3.05, 3.63) is 47.8 Å². The molecule has 2 rings (SSSR count). The summed E-state index contributed by atoms with van der Waals surface area (Å²) in [6.07, 6.45) is 4.21. The second kappa shape index (κ2) is 6.82. The van der Waals surface area contributed by atoms with Gasteiger partial charge in [-0.15, -0.1) is 0 Å². The predicted octanol–water partition coefficient (Wildman–Crippen LogP) is 1.92. The standard InChI is InChI=1S/C14H17N3O2/c1-18-7-6-11-2-4-13(5-3-11)19-14-16-9-12(8-15)10-17-14/h2-5,9-10H,6-8,15H2,1H3. The fourth-order valence-electron chi connectivity index (χ4n) is 1.55. The van der Waals surface area contributed by atoms with Gasteiger partial charge in [-0.3, -0.25) is 0 Å². The number of ether oxygens (including phenoxy) is 2. The van der Waals surface area contributed by atoms with Gasteiger partial charge in [-0.1, -0.05) is 12.1 Å². The zero-order valence-corrected chi connectivity index (χ0v) is 10.9. The first-order chi connectivity index (χ1) is 9.31. The first-order valence-corrected chi connectivity index (χ1v) is 6.08. The van der Waals surface area contributed by atoms with Crippen LogP contribution in [-0.2, 0) is 17.7 Å². The highest BCUT2D eigenvalue weighted by molar-refractivity contribution is 5.29. The quantitative estimate of drug-likeness (QED) is 0.858.